The molecule has 0 fully saturated rings. The largest absolute Gasteiger partial charge is 0.452 e. The predicted octanol–water partition coefficient (Wildman–Crippen LogP) is 2.92. The summed E-state index contributed by atoms with van der Waals surface area (Å²) >= 11 is 0. The zero-order chi connectivity index (χ0) is 18.9. The molecule has 0 saturated heterocycles. The number of aryl methyl sites for hydroxylation is 1. The molecule has 3 rings (SSSR count). The van der Waals surface area contributed by atoms with Gasteiger partial charge in [-0.2, -0.15) is 0 Å². The third kappa shape index (κ3) is 3.06. The first-order chi connectivity index (χ1) is 12.3. The standard InChI is InChI=1S/C20H20N2O4/c1-13-8-4-5-9-14(13)18(24)26-12-17(23)22-16-11-7-6-10-15(16)21-19(25)20(22,2)3/h4-11H,12H2,1-3H3,(H,21,25). The topological polar surface area (TPSA) is 75.7 Å². The van der Waals surface area contributed by atoms with Gasteiger partial charge in [-0.05, 0) is 44.5 Å². The lowest BCUT2D eigenvalue weighted by atomic mass is 9.96. The fourth-order valence-corrected chi connectivity index (χ4v) is 2.97. The van der Waals surface area contributed by atoms with Crippen molar-refractivity contribution in [3.63, 3.8) is 0 Å². The molecule has 6 heteroatoms. The van der Waals surface area contributed by atoms with E-state index in [2.05, 4.69) is 5.32 Å². The monoisotopic (exact) mass is 352 g/mol. The van der Waals surface area contributed by atoms with Crippen molar-refractivity contribution in [2.24, 2.45) is 0 Å². The van der Waals surface area contributed by atoms with E-state index >= 15 is 0 Å². The Balaban J connectivity index is 1.82. The predicted molar refractivity (Wildman–Crippen MR) is 98.1 cm³/mol. The minimum atomic E-state index is -1.10. The number of para-hydroxylation sites is 2. The summed E-state index contributed by atoms with van der Waals surface area (Å²) in [7, 11) is 0. The molecular weight excluding hydrogens is 332 g/mol. The zero-order valence-corrected chi connectivity index (χ0v) is 14.9. The molecule has 2 amide bonds. The van der Waals surface area contributed by atoms with Crippen LogP contribution in [-0.4, -0.2) is 29.9 Å². The molecule has 0 aromatic heterocycles. The van der Waals surface area contributed by atoms with E-state index in [-0.39, 0.29) is 5.91 Å². The first kappa shape index (κ1) is 17.7. The van der Waals surface area contributed by atoms with Gasteiger partial charge in [0.25, 0.3) is 5.91 Å². The van der Waals surface area contributed by atoms with Crippen LogP contribution in [0.1, 0.15) is 29.8 Å². The highest BCUT2D eigenvalue weighted by molar-refractivity contribution is 6.14. The van der Waals surface area contributed by atoms with Gasteiger partial charge in [-0.1, -0.05) is 30.3 Å². The second-order valence-electron chi connectivity index (χ2n) is 6.65. The highest BCUT2D eigenvalue weighted by Crippen LogP contribution is 2.36. The Labute approximate surface area is 151 Å². The highest BCUT2D eigenvalue weighted by atomic mass is 16.5. The lowest BCUT2D eigenvalue weighted by Gasteiger charge is -2.41. The lowest BCUT2D eigenvalue weighted by molar-refractivity contribution is -0.128. The van der Waals surface area contributed by atoms with Crippen LogP contribution in [-0.2, 0) is 14.3 Å². The quantitative estimate of drug-likeness (QED) is 0.862. The number of anilines is 2. The molecule has 1 heterocycles. The first-order valence-corrected chi connectivity index (χ1v) is 8.28. The summed E-state index contributed by atoms with van der Waals surface area (Å²) in [5.74, 6) is -1.32. The molecule has 0 radical (unpaired) electrons. The van der Waals surface area contributed by atoms with Crippen LogP contribution >= 0.6 is 0 Å². The van der Waals surface area contributed by atoms with E-state index in [0.717, 1.165) is 5.56 Å². The van der Waals surface area contributed by atoms with Gasteiger partial charge in [0.15, 0.2) is 6.61 Å². The molecule has 0 aliphatic carbocycles. The van der Waals surface area contributed by atoms with E-state index in [1.54, 1.807) is 63.2 Å². The van der Waals surface area contributed by atoms with Crippen LogP contribution in [0, 0.1) is 6.92 Å². The number of nitrogens with zero attached hydrogens (tertiary/aromatic N) is 1. The minimum absolute atomic E-state index is 0.296. The van der Waals surface area contributed by atoms with Crippen LogP contribution in [0.5, 0.6) is 0 Å². The molecule has 2 aromatic rings. The Bertz CT molecular complexity index is 889. The van der Waals surface area contributed by atoms with Crippen molar-refractivity contribution in [2.45, 2.75) is 26.3 Å². The second kappa shape index (κ2) is 6.63. The summed E-state index contributed by atoms with van der Waals surface area (Å²) in [6, 6.07) is 14.0. The molecule has 6 nitrogen and oxygen atoms in total. The second-order valence-corrected chi connectivity index (χ2v) is 6.65. The van der Waals surface area contributed by atoms with Crippen molar-refractivity contribution < 1.29 is 19.1 Å². The van der Waals surface area contributed by atoms with Crippen molar-refractivity contribution >= 4 is 29.2 Å². The van der Waals surface area contributed by atoms with Crippen LogP contribution in [0.3, 0.4) is 0 Å². The van der Waals surface area contributed by atoms with Crippen molar-refractivity contribution in [3.05, 3.63) is 59.7 Å². The highest BCUT2D eigenvalue weighted by Gasteiger charge is 2.43. The average molecular weight is 352 g/mol. The zero-order valence-electron chi connectivity index (χ0n) is 14.9. The number of rotatable bonds is 3. The van der Waals surface area contributed by atoms with Crippen LogP contribution < -0.4 is 10.2 Å². The van der Waals surface area contributed by atoms with Crippen molar-refractivity contribution in [2.75, 3.05) is 16.8 Å². The number of carbonyl (C=O) groups excluding carboxylic acids is 3. The number of ether oxygens (including phenoxy) is 1. The summed E-state index contributed by atoms with van der Waals surface area (Å²) in [4.78, 5) is 38.8. The number of esters is 1. The molecule has 0 saturated carbocycles. The number of amides is 2. The molecule has 0 unspecified atom stereocenters. The maximum atomic E-state index is 12.8. The number of carbonyl (C=O) groups is 3. The SMILES string of the molecule is Cc1ccccc1C(=O)OCC(=O)N1c2ccccc2NC(=O)C1(C)C. The van der Waals surface area contributed by atoms with E-state index in [0.29, 0.717) is 16.9 Å². The molecular formula is C20H20N2O4. The van der Waals surface area contributed by atoms with Gasteiger partial charge in [0.05, 0.1) is 16.9 Å². The smallest absolute Gasteiger partial charge is 0.338 e. The van der Waals surface area contributed by atoms with Crippen molar-refractivity contribution in [1.29, 1.82) is 0 Å². The van der Waals surface area contributed by atoms with Crippen LogP contribution in [0.25, 0.3) is 0 Å². The number of hydrogen-bond donors (Lipinski definition) is 1. The Kier molecular flexibility index (Phi) is 4.50. The molecule has 26 heavy (non-hydrogen) atoms. The Hall–Kier alpha value is -3.15. The van der Waals surface area contributed by atoms with E-state index in [9.17, 15) is 14.4 Å². The number of hydrogen-bond acceptors (Lipinski definition) is 4. The Morgan fingerprint density at radius 3 is 2.46 bits per heavy atom. The molecule has 1 aliphatic rings. The molecule has 134 valence electrons. The molecule has 2 aromatic carbocycles. The number of nitrogens with one attached hydrogen (secondary N) is 1. The summed E-state index contributed by atoms with van der Waals surface area (Å²) in [6.45, 7) is 4.66. The Morgan fingerprint density at radius 2 is 1.73 bits per heavy atom. The van der Waals surface area contributed by atoms with E-state index in [4.69, 9.17) is 4.74 Å². The van der Waals surface area contributed by atoms with Crippen LogP contribution in [0.2, 0.25) is 0 Å². The maximum absolute atomic E-state index is 12.8. The number of fused-ring (bicyclic) bond motifs is 1. The van der Waals surface area contributed by atoms with Gasteiger partial charge in [0, 0.05) is 0 Å². The van der Waals surface area contributed by atoms with E-state index in [1.807, 2.05) is 6.07 Å². The summed E-state index contributed by atoms with van der Waals surface area (Å²) in [5.41, 5.74) is 1.22. The first-order valence-electron chi connectivity index (χ1n) is 8.28. The normalized spacial score (nSPS) is 15.0. The fraction of sp³-hybridized carbons (Fsp3) is 0.250. The maximum Gasteiger partial charge on any atom is 0.338 e. The average Bonchev–Trinajstić information content (AvgIpc) is 2.60. The van der Waals surface area contributed by atoms with Gasteiger partial charge in [-0.25, -0.2) is 4.79 Å². The molecule has 0 atom stereocenters. The van der Waals surface area contributed by atoms with E-state index < -0.39 is 24.0 Å². The molecule has 0 bridgehead atoms. The molecule has 1 aliphatic heterocycles. The van der Waals surface area contributed by atoms with Gasteiger partial charge in [0.1, 0.15) is 5.54 Å². The van der Waals surface area contributed by atoms with Gasteiger partial charge in [-0.15, -0.1) is 0 Å². The summed E-state index contributed by atoms with van der Waals surface area (Å²) < 4.78 is 5.21. The minimum Gasteiger partial charge on any atom is -0.452 e. The van der Waals surface area contributed by atoms with Crippen molar-refractivity contribution in [1.82, 2.24) is 0 Å². The Morgan fingerprint density at radius 1 is 1.08 bits per heavy atom. The van der Waals surface area contributed by atoms with Crippen LogP contribution in [0.15, 0.2) is 48.5 Å². The summed E-state index contributed by atoms with van der Waals surface area (Å²) in [5, 5.41) is 2.79. The van der Waals surface area contributed by atoms with Gasteiger partial charge in [-0.3, -0.25) is 14.5 Å². The van der Waals surface area contributed by atoms with Gasteiger partial charge < -0.3 is 10.1 Å². The number of benzene rings is 2. The molecule has 0 spiro atoms. The molecule has 1 N–H and O–H groups in total. The van der Waals surface area contributed by atoms with Crippen LogP contribution in [0.4, 0.5) is 11.4 Å². The van der Waals surface area contributed by atoms with Gasteiger partial charge >= 0.3 is 5.97 Å². The summed E-state index contributed by atoms with van der Waals surface area (Å²) in [6.07, 6.45) is 0. The van der Waals surface area contributed by atoms with Gasteiger partial charge in [0.2, 0.25) is 5.91 Å². The third-order valence-corrected chi connectivity index (χ3v) is 4.45. The van der Waals surface area contributed by atoms with E-state index in [1.165, 1.54) is 4.90 Å². The fourth-order valence-electron chi connectivity index (χ4n) is 2.97. The van der Waals surface area contributed by atoms with Crippen molar-refractivity contribution in [3.8, 4) is 0 Å². The third-order valence-electron chi connectivity index (χ3n) is 4.45. The lowest BCUT2D eigenvalue weighted by Crippen LogP contribution is -2.59.